The minimum absolute atomic E-state index is 0.0196. The molecule has 0 atom stereocenters. The topological polar surface area (TPSA) is 61.5 Å². The van der Waals surface area contributed by atoms with Gasteiger partial charge in [-0.1, -0.05) is 35.3 Å². The van der Waals surface area contributed by atoms with Crippen LogP contribution in [0.2, 0.25) is 10.0 Å². The smallest absolute Gasteiger partial charge is 0.342 e. The molecule has 0 aliphatic rings. The first-order chi connectivity index (χ1) is 10.0. The summed E-state index contributed by atoms with van der Waals surface area (Å²) in [6.07, 6.45) is 0. The van der Waals surface area contributed by atoms with Gasteiger partial charge in [-0.25, -0.2) is 4.79 Å². The predicted octanol–water partition coefficient (Wildman–Crippen LogP) is 3.94. The van der Waals surface area contributed by atoms with Gasteiger partial charge < -0.3 is 15.2 Å². The molecule has 2 aromatic carbocycles. The molecular formula is C15H13Cl2NO3. The van der Waals surface area contributed by atoms with Crippen molar-refractivity contribution in [3.63, 3.8) is 0 Å². The Morgan fingerprint density at radius 2 is 2.00 bits per heavy atom. The Labute approximate surface area is 132 Å². The average molecular weight is 326 g/mol. The van der Waals surface area contributed by atoms with Gasteiger partial charge in [-0.2, -0.15) is 0 Å². The van der Waals surface area contributed by atoms with E-state index in [2.05, 4.69) is 0 Å². The summed E-state index contributed by atoms with van der Waals surface area (Å²) in [5.41, 5.74) is 7.07. The number of rotatable bonds is 4. The van der Waals surface area contributed by atoms with Crippen LogP contribution >= 0.6 is 23.2 Å². The van der Waals surface area contributed by atoms with Gasteiger partial charge in [-0.15, -0.1) is 0 Å². The van der Waals surface area contributed by atoms with E-state index in [4.69, 9.17) is 38.4 Å². The highest BCUT2D eigenvalue weighted by atomic mass is 35.5. The van der Waals surface area contributed by atoms with Crippen LogP contribution < -0.4 is 10.5 Å². The van der Waals surface area contributed by atoms with E-state index in [-0.39, 0.29) is 6.61 Å². The molecule has 2 N–H and O–H groups in total. The molecular weight excluding hydrogens is 313 g/mol. The van der Waals surface area contributed by atoms with E-state index in [0.717, 1.165) is 0 Å². The van der Waals surface area contributed by atoms with Gasteiger partial charge in [0.05, 0.1) is 17.2 Å². The lowest BCUT2D eigenvalue weighted by Gasteiger charge is -2.10. The van der Waals surface area contributed by atoms with Crippen molar-refractivity contribution in [3.8, 4) is 5.75 Å². The summed E-state index contributed by atoms with van der Waals surface area (Å²) >= 11 is 11.9. The van der Waals surface area contributed by atoms with E-state index in [1.165, 1.54) is 7.11 Å². The lowest BCUT2D eigenvalue weighted by Crippen LogP contribution is -2.08. The number of esters is 1. The number of ether oxygens (including phenoxy) is 2. The maximum Gasteiger partial charge on any atom is 0.342 e. The molecule has 2 aromatic rings. The molecule has 4 nitrogen and oxygen atoms in total. The Morgan fingerprint density at radius 3 is 2.71 bits per heavy atom. The number of halogens is 2. The largest absolute Gasteiger partial charge is 0.496 e. The monoisotopic (exact) mass is 325 g/mol. The Hall–Kier alpha value is -1.91. The Balaban J connectivity index is 2.14. The second-order valence-corrected chi connectivity index (χ2v) is 5.03. The van der Waals surface area contributed by atoms with Crippen molar-refractivity contribution >= 4 is 34.9 Å². The van der Waals surface area contributed by atoms with Gasteiger partial charge in [-0.05, 0) is 18.2 Å². The van der Waals surface area contributed by atoms with Crippen molar-refractivity contribution in [2.45, 2.75) is 6.61 Å². The highest BCUT2D eigenvalue weighted by Crippen LogP contribution is 2.27. The molecule has 0 bridgehead atoms. The van der Waals surface area contributed by atoms with Gasteiger partial charge in [0.15, 0.2) is 0 Å². The number of carbonyl (C=O) groups is 1. The molecule has 110 valence electrons. The fourth-order valence-corrected chi connectivity index (χ4v) is 2.13. The summed E-state index contributed by atoms with van der Waals surface area (Å²) in [6, 6.07) is 9.85. The highest BCUT2D eigenvalue weighted by molar-refractivity contribution is 6.42. The quantitative estimate of drug-likeness (QED) is 0.683. The molecule has 2 rings (SSSR count). The number of nitrogens with two attached hydrogens (primary N) is 1. The number of hydrogen-bond acceptors (Lipinski definition) is 4. The third-order valence-corrected chi connectivity index (χ3v) is 3.69. The van der Waals surface area contributed by atoms with E-state index in [0.29, 0.717) is 32.6 Å². The van der Waals surface area contributed by atoms with Crippen LogP contribution in [0.4, 0.5) is 5.69 Å². The zero-order chi connectivity index (χ0) is 15.4. The summed E-state index contributed by atoms with van der Waals surface area (Å²) in [5.74, 6) is -0.167. The van der Waals surface area contributed by atoms with Crippen LogP contribution in [0.25, 0.3) is 0 Å². The first-order valence-electron chi connectivity index (χ1n) is 6.06. The molecule has 0 heterocycles. The number of hydrogen-bond donors (Lipinski definition) is 1. The lowest BCUT2D eigenvalue weighted by molar-refractivity contribution is 0.0469. The molecule has 0 saturated heterocycles. The third kappa shape index (κ3) is 3.60. The Kier molecular flexibility index (Phi) is 4.94. The van der Waals surface area contributed by atoms with Crippen LogP contribution in [0, 0.1) is 0 Å². The number of methoxy groups -OCH3 is 1. The van der Waals surface area contributed by atoms with E-state index in [9.17, 15) is 4.79 Å². The van der Waals surface area contributed by atoms with E-state index in [1.54, 1.807) is 36.4 Å². The van der Waals surface area contributed by atoms with Gasteiger partial charge >= 0.3 is 5.97 Å². The molecule has 0 spiro atoms. The number of carbonyl (C=O) groups excluding carboxylic acids is 1. The van der Waals surface area contributed by atoms with Crippen LogP contribution in [0.5, 0.6) is 5.75 Å². The number of benzene rings is 2. The van der Waals surface area contributed by atoms with Gasteiger partial charge in [0.1, 0.15) is 17.9 Å². The maximum absolute atomic E-state index is 12.1. The Bertz CT molecular complexity index is 674. The van der Waals surface area contributed by atoms with Crippen LogP contribution in [-0.2, 0) is 11.3 Å². The van der Waals surface area contributed by atoms with E-state index < -0.39 is 5.97 Å². The van der Waals surface area contributed by atoms with Crippen LogP contribution in [-0.4, -0.2) is 13.1 Å². The molecule has 0 aromatic heterocycles. The third-order valence-electron chi connectivity index (χ3n) is 2.84. The summed E-state index contributed by atoms with van der Waals surface area (Å²) in [4.78, 5) is 12.1. The van der Waals surface area contributed by atoms with E-state index in [1.807, 2.05) is 0 Å². The second-order valence-electron chi connectivity index (χ2n) is 4.25. The number of anilines is 1. The molecule has 0 amide bonds. The summed E-state index contributed by atoms with van der Waals surface area (Å²) < 4.78 is 10.3. The van der Waals surface area contributed by atoms with Crippen molar-refractivity contribution in [2.24, 2.45) is 0 Å². The van der Waals surface area contributed by atoms with Gasteiger partial charge in [-0.3, -0.25) is 0 Å². The van der Waals surface area contributed by atoms with Gasteiger partial charge in [0.2, 0.25) is 0 Å². The molecule has 0 fully saturated rings. The van der Waals surface area contributed by atoms with Crippen LogP contribution in [0.3, 0.4) is 0 Å². The van der Waals surface area contributed by atoms with Crippen LogP contribution in [0.1, 0.15) is 15.9 Å². The lowest BCUT2D eigenvalue weighted by atomic mass is 10.2. The van der Waals surface area contributed by atoms with Crippen molar-refractivity contribution in [3.05, 3.63) is 57.6 Å². The molecule has 21 heavy (non-hydrogen) atoms. The fourth-order valence-electron chi connectivity index (χ4n) is 1.76. The minimum atomic E-state index is -0.525. The normalized spacial score (nSPS) is 10.2. The highest BCUT2D eigenvalue weighted by Gasteiger charge is 2.15. The van der Waals surface area contributed by atoms with Gasteiger partial charge in [0, 0.05) is 17.3 Å². The zero-order valence-corrected chi connectivity index (χ0v) is 12.7. The molecule has 6 heteroatoms. The molecule has 0 unspecified atom stereocenters. The maximum atomic E-state index is 12.1. The molecule has 0 radical (unpaired) electrons. The molecule has 0 aliphatic carbocycles. The predicted molar refractivity (Wildman–Crippen MR) is 83.0 cm³/mol. The van der Waals surface area contributed by atoms with Crippen molar-refractivity contribution in [1.29, 1.82) is 0 Å². The first kappa shape index (κ1) is 15.5. The zero-order valence-electron chi connectivity index (χ0n) is 11.2. The van der Waals surface area contributed by atoms with Crippen molar-refractivity contribution < 1.29 is 14.3 Å². The summed E-state index contributed by atoms with van der Waals surface area (Å²) in [5, 5.41) is 0.784. The van der Waals surface area contributed by atoms with Crippen molar-refractivity contribution in [2.75, 3.05) is 12.8 Å². The molecule has 0 aliphatic heterocycles. The summed E-state index contributed by atoms with van der Waals surface area (Å²) in [6.45, 7) is 0.0196. The van der Waals surface area contributed by atoms with Crippen LogP contribution in [0.15, 0.2) is 36.4 Å². The van der Waals surface area contributed by atoms with Crippen molar-refractivity contribution in [1.82, 2.24) is 0 Å². The number of nitrogen functional groups attached to an aromatic ring is 1. The first-order valence-corrected chi connectivity index (χ1v) is 6.82. The minimum Gasteiger partial charge on any atom is -0.496 e. The van der Waals surface area contributed by atoms with Gasteiger partial charge in [0.25, 0.3) is 0 Å². The Morgan fingerprint density at radius 1 is 1.24 bits per heavy atom. The van der Waals surface area contributed by atoms with E-state index >= 15 is 0 Å². The second kappa shape index (κ2) is 6.70. The SMILES string of the molecule is COc1cc(N)ccc1C(=O)OCc1cccc(Cl)c1Cl. The molecule has 0 saturated carbocycles. The standard InChI is InChI=1S/C15H13Cl2NO3/c1-20-13-7-10(18)5-6-11(13)15(19)21-8-9-3-2-4-12(16)14(9)17/h2-7H,8,18H2,1H3. The average Bonchev–Trinajstić information content (AvgIpc) is 2.48. The fraction of sp³-hybridized carbons (Fsp3) is 0.133. The summed E-state index contributed by atoms with van der Waals surface area (Å²) in [7, 11) is 1.46.